The van der Waals surface area contributed by atoms with Crippen LogP contribution in [0.3, 0.4) is 0 Å². The first-order valence-corrected chi connectivity index (χ1v) is 6.76. The first kappa shape index (κ1) is 12.0. The molecule has 2 aromatic heterocycles. The minimum absolute atomic E-state index is 0.117. The summed E-state index contributed by atoms with van der Waals surface area (Å²) in [6, 6.07) is 0. The van der Waals surface area contributed by atoms with E-state index in [0.29, 0.717) is 22.2 Å². The summed E-state index contributed by atoms with van der Waals surface area (Å²) in [5, 5.41) is 6.20. The highest BCUT2D eigenvalue weighted by atomic mass is 32.1. The minimum atomic E-state index is -0.117. The number of aryl methyl sites for hydroxylation is 1. The van der Waals surface area contributed by atoms with Gasteiger partial charge in [0.05, 0.1) is 10.7 Å². The molecule has 2 rings (SSSR count). The van der Waals surface area contributed by atoms with Gasteiger partial charge in [-0.2, -0.15) is 0 Å². The zero-order valence-electron chi connectivity index (χ0n) is 9.27. The summed E-state index contributed by atoms with van der Waals surface area (Å²) in [5.41, 5.74) is 6.22. The SMILES string of the molecule is Cc1nc(N)sc1C(=O)NCCc1nccs1. The number of thiazole rings is 2. The number of amides is 1. The van der Waals surface area contributed by atoms with E-state index in [-0.39, 0.29) is 5.91 Å². The maximum atomic E-state index is 11.8. The Kier molecular flexibility index (Phi) is 3.70. The smallest absolute Gasteiger partial charge is 0.263 e. The zero-order valence-corrected chi connectivity index (χ0v) is 10.9. The molecule has 0 aromatic carbocycles. The van der Waals surface area contributed by atoms with E-state index < -0.39 is 0 Å². The van der Waals surface area contributed by atoms with Gasteiger partial charge in [-0.25, -0.2) is 9.97 Å². The lowest BCUT2D eigenvalue weighted by atomic mass is 10.3. The van der Waals surface area contributed by atoms with E-state index in [4.69, 9.17) is 5.73 Å². The summed E-state index contributed by atoms with van der Waals surface area (Å²) < 4.78 is 0. The third-order valence-electron chi connectivity index (χ3n) is 2.13. The molecule has 2 aromatic rings. The number of carbonyl (C=O) groups is 1. The Bertz CT molecular complexity index is 506. The fourth-order valence-electron chi connectivity index (χ4n) is 1.37. The van der Waals surface area contributed by atoms with Gasteiger partial charge in [0.15, 0.2) is 5.13 Å². The van der Waals surface area contributed by atoms with Crippen molar-refractivity contribution in [1.82, 2.24) is 15.3 Å². The van der Waals surface area contributed by atoms with Crippen LogP contribution in [0.4, 0.5) is 5.13 Å². The summed E-state index contributed by atoms with van der Waals surface area (Å²) in [6.07, 6.45) is 2.51. The van der Waals surface area contributed by atoms with Crippen LogP contribution in [0, 0.1) is 6.92 Å². The van der Waals surface area contributed by atoms with E-state index in [9.17, 15) is 4.79 Å². The molecule has 1 amide bonds. The molecule has 0 aliphatic heterocycles. The van der Waals surface area contributed by atoms with Crippen molar-refractivity contribution in [3.05, 3.63) is 27.2 Å². The molecular formula is C10H12N4OS2. The number of nitrogens with zero attached hydrogens (tertiary/aromatic N) is 2. The Morgan fingerprint density at radius 3 is 3.00 bits per heavy atom. The quantitative estimate of drug-likeness (QED) is 0.879. The normalized spacial score (nSPS) is 10.4. The number of nitrogen functional groups attached to an aromatic ring is 1. The van der Waals surface area contributed by atoms with Gasteiger partial charge in [-0.05, 0) is 6.92 Å². The maximum absolute atomic E-state index is 11.8. The van der Waals surface area contributed by atoms with Crippen molar-refractivity contribution in [1.29, 1.82) is 0 Å². The Hall–Kier alpha value is -1.47. The predicted molar refractivity (Wildman–Crippen MR) is 69.4 cm³/mol. The van der Waals surface area contributed by atoms with Crippen molar-refractivity contribution in [3.8, 4) is 0 Å². The molecule has 0 aliphatic rings. The molecule has 0 saturated carbocycles. The van der Waals surface area contributed by atoms with E-state index in [1.807, 2.05) is 5.38 Å². The second-order valence-corrected chi connectivity index (χ2v) is 5.41. The molecule has 0 unspecified atom stereocenters. The second-order valence-electron chi connectivity index (χ2n) is 3.40. The first-order chi connectivity index (χ1) is 8.16. The minimum Gasteiger partial charge on any atom is -0.375 e. The molecule has 3 N–H and O–H groups in total. The maximum Gasteiger partial charge on any atom is 0.263 e. The number of nitrogens with one attached hydrogen (secondary N) is 1. The van der Waals surface area contributed by atoms with Crippen LogP contribution in [0.5, 0.6) is 0 Å². The largest absolute Gasteiger partial charge is 0.375 e. The molecule has 17 heavy (non-hydrogen) atoms. The Balaban J connectivity index is 1.87. The van der Waals surface area contributed by atoms with Crippen molar-refractivity contribution in [2.45, 2.75) is 13.3 Å². The van der Waals surface area contributed by atoms with Crippen LogP contribution >= 0.6 is 22.7 Å². The zero-order chi connectivity index (χ0) is 12.3. The fourth-order valence-corrected chi connectivity index (χ4v) is 2.74. The lowest BCUT2D eigenvalue weighted by Gasteiger charge is -2.01. The molecule has 0 radical (unpaired) electrons. The third kappa shape index (κ3) is 3.01. The van der Waals surface area contributed by atoms with E-state index in [2.05, 4.69) is 15.3 Å². The van der Waals surface area contributed by atoms with Gasteiger partial charge in [0, 0.05) is 24.5 Å². The van der Waals surface area contributed by atoms with Crippen LogP contribution < -0.4 is 11.1 Å². The summed E-state index contributed by atoms with van der Waals surface area (Å²) in [6.45, 7) is 2.35. The third-order valence-corrected chi connectivity index (χ3v) is 3.95. The summed E-state index contributed by atoms with van der Waals surface area (Å²) in [7, 11) is 0. The molecule has 0 saturated heterocycles. The van der Waals surface area contributed by atoms with Crippen LogP contribution in [0.25, 0.3) is 0 Å². The molecule has 0 fully saturated rings. The molecule has 2 heterocycles. The Morgan fingerprint density at radius 1 is 1.59 bits per heavy atom. The monoisotopic (exact) mass is 268 g/mol. The standard InChI is InChI=1S/C10H12N4OS2/c1-6-8(17-10(11)14-6)9(15)13-3-2-7-12-4-5-16-7/h4-5H,2-3H2,1H3,(H2,11,14)(H,13,15). The number of anilines is 1. The van der Waals surface area contributed by atoms with Crippen molar-refractivity contribution >= 4 is 33.7 Å². The highest BCUT2D eigenvalue weighted by Crippen LogP contribution is 2.19. The number of aromatic nitrogens is 2. The number of hydrogen-bond donors (Lipinski definition) is 2. The lowest BCUT2D eigenvalue weighted by molar-refractivity contribution is 0.0957. The van der Waals surface area contributed by atoms with E-state index >= 15 is 0 Å². The second kappa shape index (κ2) is 5.24. The molecule has 90 valence electrons. The average molecular weight is 268 g/mol. The first-order valence-electron chi connectivity index (χ1n) is 5.06. The van der Waals surface area contributed by atoms with E-state index in [1.54, 1.807) is 24.5 Å². The van der Waals surface area contributed by atoms with Crippen LogP contribution in [-0.4, -0.2) is 22.4 Å². The molecule has 0 bridgehead atoms. The molecule has 0 aliphatic carbocycles. The summed E-state index contributed by atoms with van der Waals surface area (Å²) in [5.74, 6) is -0.117. The van der Waals surface area contributed by atoms with Gasteiger partial charge in [0.1, 0.15) is 4.88 Å². The van der Waals surface area contributed by atoms with Crippen LogP contribution in [0.15, 0.2) is 11.6 Å². The number of carbonyl (C=O) groups excluding carboxylic acids is 1. The highest BCUT2D eigenvalue weighted by Gasteiger charge is 2.13. The van der Waals surface area contributed by atoms with E-state index in [1.165, 1.54) is 11.3 Å². The van der Waals surface area contributed by atoms with Crippen molar-refractivity contribution in [2.24, 2.45) is 0 Å². The summed E-state index contributed by atoms with van der Waals surface area (Å²) >= 11 is 2.80. The number of nitrogens with two attached hydrogens (primary N) is 1. The highest BCUT2D eigenvalue weighted by molar-refractivity contribution is 7.17. The van der Waals surface area contributed by atoms with Crippen molar-refractivity contribution in [2.75, 3.05) is 12.3 Å². The van der Waals surface area contributed by atoms with Gasteiger partial charge in [0.25, 0.3) is 5.91 Å². The van der Waals surface area contributed by atoms with Crippen LogP contribution in [0.2, 0.25) is 0 Å². The molecular weight excluding hydrogens is 256 g/mol. The van der Waals surface area contributed by atoms with Crippen LogP contribution in [0.1, 0.15) is 20.4 Å². The number of hydrogen-bond acceptors (Lipinski definition) is 6. The van der Waals surface area contributed by atoms with Gasteiger partial charge in [0.2, 0.25) is 0 Å². The number of rotatable bonds is 4. The lowest BCUT2D eigenvalue weighted by Crippen LogP contribution is -2.25. The fraction of sp³-hybridized carbons (Fsp3) is 0.300. The van der Waals surface area contributed by atoms with Gasteiger partial charge < -0.3 is 11.1 Å². The van der Waals surface area contributed by atoms with Crippen LogP contribution in [-0.2, 0) is 6.42 Å². The molecule has 5 nitrogen and oxygen atoms in total. The van der Waals surface area contributed by atoms with E-state index in [0.717, 1.165) is 11.4 Å². The van der Waals surface area contributed by atoms with Crippen molar-refractivity contribution < 1.29 is 4.79 Å². The van der Waals surface area contributed by atoms with Gasteiger partial charge in [-0.3, -0.25) is 4.79 Å². The topological polar surface area (TPSA) is 80.9 Å². The molecule has 0 spiro atoms. The molecule has 7 heteroatoms. The van der Waals surface area contributed by atoms with Gasteiger partial charge >= 0.3 is 0 Å². The Labute approximate surface area is 107 Å². The average Bonchev–Trinajstić information content (AvgIpc) is 2.88. The van der Waals surface area contributed by atoms with Gasteiger partial charge in [-0.1, -0.05) is 11.3 Å². The Morgan fingerprint density at radius 2 is 2.41 bits per heavy atom. The van der Waals surface area contributed by atoms with Crippen molar-refractivity contribution in [3.63, 3.8) is 0 Å². The predicted octanol–water partition coefficient (Wildman–Crippen LogP) is 1.46. The van der Waals surface area contributed by atoms with Gasteiger partial charge in [-0.15, -0.1) is 11.3 Å². The molecule has 0 atom stereocenters. The summed E-state index contributed by atoms with van der Waals surface area (Å²) in [4.78, 5) is 20.5.